The van der Waals surface area contributed by atoms with Gasteiger partial charge >= 0.3 is 0 Å². The van der Waals surface area contributed by atoms with E-state index in [1.54, 1.807) is 29.2 Å². The van der Waals surface area contributed by atoms with Crippen LogP contribution in [0.25, 0.3) is 0 Å². The molecule has 2 amide bonds. The lowest BCUT2D eigenvalue weighted by molar-refractivity contribution is -0.116. The maximum absolute atomic E-state index is 12.5. The number of para-hydroxylation sites is 2. The standard InChI is InChI=1S/C19H23N3O3/c1-2-22(15-8-4-3-5-9-15)18(24)14-21-17-11-7-6-10-16(17)19(25)20-12-13-23/h3-11,21,23H,2,12-14H2,1H3,(H,20,25). The average molecular weight is 341 g/mol. The number of aliphatic hydroxyl groups is 1. The van der Waals surface area contributed by atoms with E-state index in [1.165, 1.54) is 0 Å². The summed E-state index contributed by atoms with van der Waals surface area (Å²) in [4.78, 5) is 26.3. The second kappa shape index (κ2) is 9.44. The van der Waals surface area contributed by atoms with Crippen LogP contribution in [0.3, 0.4) is 0 Å². The van der Waals surface area contributed by atoms with Gasteiger partial charge in [-0.25, -0.2) is 0 Å². The number of benzene rings is 2. The lowest BCUT2D eigenvalue weighted by atomic mass is 10.1. The molecule has 6 heteroatoms. The Labute approximate surface area is 147 Å². The molecular weight excluding hydrogens is 318 g/mol. The van der Waals surface area contributed by atoms with Gasteiger partial charge in [-0.15, -0.1) is 0 Å². The molecule has 132 valence electrons. The van der Waals surface area contributed by atoms with Crippen molar-refractivity contribution in [1.29, 1.82) is 0 Å². The third-order valence-electron chi connectivity index (χ3n) is 3.68. The van der Waals surface area contributed by atoms with Gasteiger partial charge in [0.1, 0.15) is 0 Å². The molecule has 0 fully saturated rings. The van der Waals surface area contributed by atoms with Crippen LogP contribution in [0.2, 0.25) is 0 Å². The first-order valence-electron chi connectivity index (χ1n) is 8.24. The molecule has 0 atom stereocenters. The van der Waals surface area contributed by atoms with Gasteiger partial charge in [0.05, 0.1) is 18.7 Å². The molecule has 0 unspecified atom stereocenters. The van der Waals surface area contributed by atoms with E-state index in [4.69, 9.17) is 5.11 Å². The third kappa shape index (κ3) is 5.06. The van der Waals surface area contributed by atoms with E-state index in [0.717, 1.165) is 5.69 Å². The van der Waals surface area contributed by atoms with Gasteiger partial charge in [-0.05, 0) is 31.2 Å². The van der Waals surface area contributed by atoms with Crippen molar-refractivity contribution >= 4 is 23.2 Å². The zero-order chi connectivity index (χ0) is 18.1. The number of aliphatic hydroxyl groups excluding tert-OH is 1. The molecule has 0 radical (unpaired) electrons. The van der Waals surface area contributed by atoms with Crippen LogP contribution in [0.4, 0.5) is 11.4 Å². The van der Waals surface area contributed by atoms with Gasteiger partial charge in [0.25, 0.3) is 5.91 Å². The Morgan fingerprint density at radius 3 is 2.40 bits per heavy atom. The van der Waals surface area contributed by atoms with Crippen molar-refractivity contribution in [1.82, 2.24) is 5.32 Å². The van der Waals surface area contributed by atoms with Crippen molar-refractivity contribution < 1.29 is 14.7 Å². The molecule has 0 aliphatic carbocycles. The summed E-state index contributed by atoms with van der Waals surface area (Å²) in [6, 6.07) is 16.4. The summed E-state index contributed by atoms with van der Waals surface area (Å²) in [5.74, 6) is -0.376. The highest BCUT2D eigenvalue weighted by Gasteiger charge is 2.15. The van der Waals surface area contributed by atoms with Gasteiger partial charge in [0.15, 0.2) is 0 Å². The monoisotopic (exact) mass is 341 g/mol. The van der Waals surface area contributed by atoms with Crippen LogP contribution in [0.15, 0.2) is 54.6 Å². The minimum atomic E-state index is -0.292. The lowest BCUT2D eigenvalue weighted by Crippen LogP contribution is -2.35. The van der Waals surface area contributed by atoms with Crippen LogP contribution in [0, 0.1) is 0 Å². The van der Waals surface area contributed by atoms with Gasteiger partial charge in [-0.2, -0.15) is 0 Å². The van der Waals surface area contributed by atoms with E-state index < -0.39 is 0 Å². The number of carbonyl (C=O) groups is 2. The van der Waals surface area contributed by atoms with E-state index in [9.17, 15) is 9.59 Å². The maximum Gasteiger partial charge on any atom is 0.253 e. The summed E-state index contributed by atoms with van der Waals surface area (Å²) < 4.78 is 0. The van der Waals surface area contributed by atoms with Crippen LogP contribution >= 0.6 is 0 Å². The maximum atomic E-state index is 12.5. The zero-order valence-electron chi connectivity index (χ0n) is 14.2. The molecule has 6 nitrogen and oxygen atoms in total. The molecule has 2 aromatic rings. The second-order valence-corrected chi connectivity index (χ2v) is 5.35. The molecule has 0 bridgehead atoms. The third-order valence-corrected chi connectivity index (χ3v) is 3.68. The summed E-state index contributed by atoms with van der Waals surface area (Å²) in [5, 5.41) is 14.5. The number of hydrogen-bond acceptors (Lipinski definition) is 4. The van der Waals surface area contributed by atoms with E-state index in [1.807, 2.05) is 37.3 Å². The molecule has 0 spiro atoms. The fourth-order valence-corrected chi connectivity index (χ4v) is 2.48. The van der Waals surface area contributed by atoms with Gasteiger partial charge in [0.2, 0.25) is 5.91 Å². The van der Waals surface area contributed by atoms with Crippen LogP contribution in [-0.2, 0) is 4.79 Å². The summed E-state index contributed by atoms with van der Waals surface area (Å²) in [5.41, 5.74) is 1.85. The average Bonchev–Trinajstić information content (AvgIpc) is 2.66. The zero-order valence-corrected chi connectivity index (χ0v) is 14.2. The molecular formula is C19H23N3O3. The molecule has 2 rings (SSSR count). The number of amides is 2. The van der Waals surface area contributed by atoms with Gasteiger partial charge in [-0.1, -0.05) is 30.3 Å². The van der Waals surface area contributed by atoms with Crippen molar-refractivity contribution in [2.75, 3.05) is 36.5 Å². The first-order chi connectivity index (χ1) is 12.2. The summed E-state index contributed by atoms with van der Waals surface area (Å²) in [7, 11) is 0. The molecule has 0 saturated heterocycles. The Hall–Kier alpha value is -2.86. The van der Waals surface area contributed by atoms with Crippen LogP contribution in [0.5, 0.6) is 0 Å². The van der Waals surface area contributed by atoms with Crippen LogP contribution in [-0.4, -0.2) is 43.2 Å². The smallest absolute Gasteiger partial charge is 0.253 e. The van der Waals surface area contributed by atoms with E-state index >= 15 is 0 Å². The number of nitrogens with zero attached hydrogens (tertiary/aromatic N) is 1. The van der Waals surface area contributed by atoms with Crippen LogP contribution < -0.4 is 15.5 Å². The predicted molar refractivity (Wildman–Crippen MR) is 98.8 cm³/mol. The Morgan fingerprint density at radius 1 is 1.04 bits per heavy atom. The number of carbonyl (C=O) groups excluding carboxylic acids is 2. The fraction of sp³-hybridized carbons (Fsp3) is 0.263. The quantitative estimate of drug-likeness (QED) is 0.685. The number of hydrogen-bond donors (Lipinski definition) is 3. The molecule has 0 aliphatic rings. The molecule has 3 N–H and O–H groups in total. The molecule has 0 heterocycles. The molecule has 0 saturated carbocycles. The number of anilines is 2. The Balaban J connectivity index is 2.05. The Morgan fingerprint density at radius 2 is 1.72 bits per heavy atom. The number of nitrogens with one attached hydrogen (secondary N) is 2. The number of rotatable bonds is 8. The highest BCUT2D eigenvalue weighted by atomic mass is 16.3. The topological polar surface area (TPSA) is 81.7 Å². The first kappa shape index (κ1) is 18.5. The van der Waals surface area contributed by atoms with Crippen molar-refractivity contribution in [3.8, 4) is 0 Å². The minimum absolute atomic E-state index is 0.0764. The van der Waals surface area contributed by atoms with Crippen molar-refractivity contribution in [3.63, 3.8) is 0 Å². The fourth-order valence-electron chi connectivity index (χ4n) is 2.48. The highest BCUT2D eigenvalue weighted by Crippen LogP contribution is 2.16. The normalized spacial score (nSPS) is 10.2. The largest absolute Gasteiger partial charge is 0.395 e. The molecule has 0 aromatic heterocycles. The van der Waals surface area contributed by atoms with Crippen molar-refractivity contribution in [2.45, 2.75) is 6.92 Å². The van der Waals surface area contributed by atoms with Crippen LogP contribution in [0.1, 0.15) is 17.3 Å². The first-order valence-corrected chi connectivity index (χ1v) is 8.24. The van der Waals surface area contributed by atoms with E-state index in [2.05, 4.69) is 10.6 Å². The highest BCUT2D eigenvalue weighted by molar-refractivity contribution is 6.01. The number of likely N-dealkylation sites (N-methyl/N-ethyl adjacent to an activating group) is 1. The lowest BCUT2D eigenvalue weighted by Gasteiger charge is -2.22. The summed E-state index contributed by atoms with van der Waals surface area (Å²) >= 11 is 0. The molecule has 2 aromatic carbocycles. The minimum Gasteiger partial charge on any atom is -0.395 e. The summed E-state index contributed by atoms with van der Waals surface area (Å²) in [6.45, 7) is 2.61. The molecule has 25 heavy (non-hydrogen) atoms. The van der Waals surface area contributed by atoms with Gasteiger partial charge in [-0.3, -0.25) is 9.59 Å². The van der Waals surface area contributed by atoms with Crippen molar-refractivity contribution in [3.05, 3.63) is 60.2 Å². The Bertz CT molecular complexity index is 704. The van der Waals surface area contributed by atoms with E-state index in [0.29, 0.717) is 17.8 Å². The van der Waals surface area contributed by atoms with E-state index in [-0.39, 0.29) is 31.5 Å². The summed E-state index contributed by atoms with van der Waals surface area (Å²) in [6.07, 6.45) is 0. The second-order valence-electron chi connectivity index (χ2n) is 5.35. The molecule has 0 aliphatic heterocycles. The van der Waals surface area contributed by atoms with Gasteiger partial charge in [0, 0.05) is 24.5 Å². The SMILES string of the molecule is CCN(C(=O)CNc1ccccc1C(=O)NCCO)c1ccccc1. The predicted octanol–water partition coefficient (Wildman–Crippen LogP) is 1.87. The Kier molecular flexibility index (Phi) is 6.98. The van der Waals surface area contributed by atoms with Gasteiger partial charge < -0.3 is 20.6 Å². The van der Waals surface area contributed by atoms with Crippen molar-refractivity contribution in [2.24, 2.45) is 0 Å².